The Morgan fingerprint density at radius 1 is 1.67 bits per heavy atom. The van der Waals surface area contributed by atoms with E-state index >= 15 is 0 Å². The summed E-state index contributed by atoms with van der Waals surface area (Å²) < 4.78 is 0. The van der Waals surface area contributed by atoms with Gasteiger partial charge in [0.2, 0.25) is 0 Å². The fraction of sp³-hybridized carbons (Fsp3) is 0.800. The van der Waals surface area contributed by atoms with Crippen molar-refractivity contribution in [3.8, 4) is 0 Å². The summed E-state index contributed by atoms with van der Waals surface area (Å²) in [6.45, 7) is 7.24. The van der Waals surface area contributed by atoms with E-state index in [9.17, 15) is 0 Å². The first kappa shape index (κ1) is 9.75. The molecule has 0 radical (unpaired) electrons. The van der Waals surface area contributed by atoms with Crippen molar-refractivity contribution in [3.63, 3.8) is 0 Å². The number of piperidine rings is 1. The standard InChI is InChI=1S/C10H20N2/c1-3-4-8-12(2)10-6-5-7-11-9-10/h3,10-11H,1,4-9H2,2H3. The molecular weight excluding hydrogens is 148 g/mol. The quantitative estimate of drug-likeness (QED) is 0.635. The van der Waals surface area contributed by atoms with Gasteiger partial charge in [-0.2, -0.15) is 0 Å². The van der Waals surface area contributed by atoms with E-state index in [2.05, 4.69) is 23.8 Å². The van der Waals surface area contributed by atoms with Crippen LogP contribution in [0.25, 0.3) is 0 Å². The van der Waals surface area contributed by atoms with Crippen LogP contribution in [0, 0.1) is 0 Å². The van der Waals surface area contributed by atoms with Gasteiger partial charge < -0.3 is 10.2 Å². The highest BCUT2D eigenvalue weighted by atomic mass is 15.1. The molecule has 2 heteroatoms. The lowest BCUT2D eigenvalue weighted by Gasteiger charge is -2.31. The molecule has 1 atom stereocenters. The van der Waals surface area contributed by atoms with Gasteiger partial charge >= 0.3 is 0 Å². The minimum Gasteiger partial charge on any atom is -0.315 e. The summed E-state index contributed by atoms with van der Waals surface area (Å²) in [6.07, 6.45) is 5.77. The van der Waals surface area contributed by atoms with Gasteiger partial charge in [-0.3, -0.25) is 0 Å². The second-order valence-corrected chi connectivity index (χ2v) is 3.56. The van der Waals surface area contributed by atoms with Gasteiger partial charge in [0.1, 0.15) is 0 Å². The van der Waals surface area contributed by atoms with Crippen molar-refractivity contribution in [2.45, 2.75) is 25.3 Å². The van der Waals surface area contributed by atoms with E-state index in [0.29, 0.717) is 0 Å². The summed E-state index contributed by atoms with van der Waals surface area (Å²) in [6, 6.07) is 0.749. The van der Waals surface area contributed by atoms with Crippen LogP contribution in [0.3, 0.4) is 0 Å². The molecule has 1 N–H and O–H groups in total. The van der Waals surface area contributed by atoms with Gasteiger partial charge in [-0.25, -0.2) is 0 Å². The largest absolute Gasteiger partial charge is 0.315 e. The molecule has 1 aliphatic rings. The van der Waals surface area contributed by atoms with Crippen molar-refractivity contribution >= 4 is 0 Å². The minimum atomic E-state index is 0.749. The highest BCUT2D eigenvalue weighted by molar-refractivity contribution is 4.78. The highest BCUT2D eigenvalue weighted by Crippen LogP contribution is 2.08. The third kappa shape index (κ3) is 2.95. The van der Waals surface area contributed by atoms with Gasteiger partial charge in [-0.1, -0.05) is 6.08 Å². The first-order valence-electron chi connectivity index (χ1n) is 4.86. The Labute approximate surface area is 75.6 Å². The molecule has 0 spiro atoms. The van der Waals surface area contributed by atoms with Crippen LogP contribution in [0.15, 0.2) is 12.7 Å². The SMILES string of the molecule is C=CCCN(C)C1CCCNC1. The summed E-state index contributed by atoms with van der Waals surface area (Å²) in [5.41, 5.74) is 0. The second kappa shape index (κ2) is 5.33. The van der Waals surface area contributed by atoms with Crippen LogP contribution in [0.4, 0.5) is 0 Å². The summed E-state index contributed by atoms with van der Waals surface area (Å²) >= 11 is 0. The van der Waals surface area contributed by atoms with Gasteiger partial charge in [0.25, 0.3) is 0 Å². The van der Waals surface area contributed by atoms with E-state index in [4.69, 9.17) is 0 Å². The summed E-state index contributed by atoms with van der Waals surface area (Å²) in [7, 11) is 2.21. The highest BCUT2D eigenvalue weighted by Gasteiger charge is 2.16. The summed E-state index contributed by atoms with van der Waals surface area (Å²) in [5, 5.41) is 3.42. The van der Waals surface area contributed by atoms with Gasteiger partial charge in [-0.15, -0.1) is 6.58 Å². The molecule has 0 saturated carbocycles. The third-order valence-corrected chi connectivity index (χ3v) is 2.58. The Morgan fingerprint density at radius 3 is 3.08 bits per heavy atom. The predicted octanol–water partition coefficient (Wildman–Crippen LogP) is 1.25. The van der Waals surface area contributed by atoms with Crippen LogP contribution in [-0.4, -0.2) is 37.6 Å². The number of likely N-dealkylation sites (N-methyl/N-ethyl adjacent to an activating group) is 1. The Hall–Kier alpha value is -0.340. The van der Waals surface area contributed by atoms with E-state index in [1.54, 1.807) is 0 Å². The fourth-order valence-corrected chi connectivity index (χ4v) is 1.69. The van der Waals surface area contributed by atoms with Gasteiger partial charge in [0.05, 0.1) is 0 Å². The summed E-state index contributed by atoms with van der Waals surface area (Å²) in [4.78, 5) is 2.44. The average molecular weight is 168 g/mol. The lowest BCUT2D eigenvalue weighted by atomic mass is 10.1. The molecule has 0 aliphatic carbocycles. The number of hydrogen-bond donors (Lipinski definition) is 1. The Morgan fingerprint density at radius 2 is 2.50 bits per heavy atom. The first-order chi connectivity index (χ1) is 5.84. The molecule has 12 heavy (non-hydrogen) atoms. The number of nitrogens with one attached hydrogen (secondary N) is 1. The molecule has 70 valence electrons. The van der Waals surface area contributed by atoms with Gasteiger partial charge in [0, 0.05) is 19.1 Å². The third-order valence-electron chi connectivity index (χ3n) is 2.58. The molecular formula is C10H20N2. The number of hydrogen-bond acceptors (Lipinski definition) is 2. The summed E-state index contributed by atoms with van der Waals surface area (Å²) in [5.74, 6) is 0. The molecule has 0 aromatic rings. The van der Waals surface area contributed by atoms with Crippen LogP contribution in [0.2, 0.25) is 0 Å². The molecule has 2 nitrogen and oxygen atoms in total. The zero-order valence-corrected chi connectivity index (χ0v) is 8.05. The van der Waals surface area contributed by atoms with Crippen molar-refractivity contribution in [1.82, 2.24) is 10.2 Å². The molecule has 1 rings (SSSR count). The Bertz CT molecular complexity index is 128. The Balaban J connectivity index is 2.19. The molecule has 0 aromatic heterocycles. The van der Waals surface area contributed by atoms with E-state index in [-0.39, 0.29) is 0 Å². The number of nitrogens with zero attached hydrogens (tertiary/aromatic N) is 1. The molecule has 1 aliphatic heterocycles. The van der Waals surface area contributed by atoms with E-state index in [1.165, 1.54) is 19.4 Å². The molecule has 0 bridgehead atoms. The van der Waals surface area contributed by atoms with Crippen molar-refractivity contribution in [2.75, 3.05) is 26.7 Å². The van der Waals surface area contributed by atoms with Crippen LogP contribution < -0.4 is 5.32 Å². The normalized spacial score (nSPS) is 24.3. The van der Waals surface area contributed by atoms with E-state index < -0.39 is 0 Å². The van der Waals surface area contributed by atoms with Crippen molar-refractivity contribution < 1.29 is 0 Å². The van der Waals surface area contributed by atoms with Crippen LogP contribution in [-0.2, 0) is 0 Å². The maximum absolute atomic E-state index is 3.74. The average Bonchev–Trinajstić information content (AvgIpc) is 2.15. The smallest absolute Gasteiger partial charge is 0.0218 e. The van der Waals surface area contributed by atoms with E-state index in [0.717, 1.165) is 25.6 Å². The van der Waals surface area contributed by atoms with Crippen molar-refractivity contribution in [1.29, 1.82) is 0 Å². The van der Waals surface area contributed by atoms with Crippen LogP contribution in [0.5, 0.6) is 0 Å². The molecule has 1 heterocycles. The predicted molar refractivity (Wildman–Crippen MR) is 53.3 cm³/mol. The molecule has 0 amide bonds. The van der Waals surface area contributed by atoms with Gasteiger partial charge in [-0.05, 0) is 32.9 Å². The molecule has 1 fully saturated rings. The molecule has 1 unspecified atom stereocenters. The maximum atomic E-state index is 3.74. The monoisotopic (exact) mass is 168 g/mol. The topological polar surface area (TPSA) is 15.3 Å². The number of rotatable bonds is 4. The molecule has 1 saturated heterocycles. The zero-order chi connectivity index (χ0) is 8.81. The second-order valence-electron chi connectivity index (χ2n) is 3.56. The maximum Gasteiger partial charge on any atom is 0.0218 e. The fourth-order valence-electron chi connectivity index (χ4n) is 1.69. The van der Waals surface area contributed by atoms with Crippen LogP contribution in [0.1, 0.15) is 19.3 Å². The zero-order valence-electron chi connectivity index (χ0n) is 8.05. The molecule has 0 aromatic carbocycles. The van der Waals surface area contributed by atoms with Gasteiger partial charge in [0.15, 0.2) is 0 Å². The van der Waals surface area contributed by atoms with Crippen molar-refractivity contribution in [2.24, 2.45) is 0 Å². The first-order valence-corrected chi connectivity index (χ1v) is 4.86. The lowest BCUT2D eigenvalue weighted by molar-refractivity contribution is 0.206. The Kier molecular flexibility index (Phi) is 4.33. The minimum absolute atomic E-state index is 0.749. The van der Waals surface area contributed by atoms with Crippen LogP contribution >= 0.6 is 0 Å². The lowest BCUT2D eigenvalue weighted by Crippen LogP contribution is -2.44. The van der Waals surface area contributed by atoms with E-state index in [1.807, 2.05) is 6.08 Å². The van der Waals surface area contributed by atoms with Crippen molar-refractivity contribution in [3.05, 3.63) is 12.7 Å².